The van der Waals surface area contributed by atoms with Gasteiger partial charge in [0.05, 0.1) is 6.04 Å². The molecule has 2 fully saturated rings. The van der Waals surface area contributed by atoms with Crippen molar-refractivity contribution in [3.05, 3.63) is 35.4 Å². The van der Waals surface area contributed by atoms with Crippen molar-refractivity contribution in [3.8, 4) is 0 Å². The first-order valence-corrected chi connectivity index (χ1v) is 8.80. The molecule has 0 aromatic heterocycles. The number of amides is 1. The topological polar surface area (TPSA) is 44.4 Å². The minimum atomic E-state index is -0.488. The molecule has 0 bridgehead atoms. The third-order valence-corrected chi connectivity index (χ3v) is 4.99. The third-order valence-electron chi connectivity index (χ3n) is 4.99. The van der Waals surface area contributed by atoms with Crippen LogP contribution in [0.1, 0.15) is 31.2 Å². The molecule has 140 valence electrons. The van der Waals surface area contributed by atoms with Crippen LogP contribution in [0.3, 0.4) is 0 Å². The number of carbonyl (C=O) groups excluding carboxylic acids is 1. The second kappa shape index (κ2) is 9.46. The van der Waals surface area contributed by atoms with E-state index in [0.29, 0.717) is 12.5 Å². The Kier molecular flexibility index (Phi) is 7.59. The highest BCUT2D eigenvalue weighted by atomic mass is 35.5. The predicted molar refractivity (Wildman–Crippen MR) is 95.6 cm³/mol. The van der Waals surface area contributed by atoms with E-state index in [1.165, 1.54) is 18.2 Å². The Morgan fingerprint density at radius 3 is 2.68 bits per heavy atom. The van der Waals surface area contributed by atoms with Crippen molar-refractivity contribution in [2.45, 2.75) is 38.3 Å². The summed E-state index contributed by atoms with van der Waals surface area (Å²) in [4.78, 5) is 14.1. The van der Waals surface area contributed by atoms with Crippen molar-refractivity contribution in [3.63, 3.8) is 0 Å². The van der Waals surface area contributed by atoms with Gasteiger partial charge in [0.2, 0.25) is 5.91 Å². The fraction of sp³-hybridized carbons (Fsp3) is 0.611. The Hall–Kier alpha value is -1.24. The summed E-state index contributed by atoms with van der Waals surface area (Å²) >= 11 is 0. The van der Waals surface area contributed by atoms with Gasteiger partial charge in [0.1, 0.15) is 11.6 Å². The first-order chi connectivity index (χ1) is 11.6. The van der Waals surface area contributed by atoms with Gasteiger partial charge in [-0.25, -0.2) is 8.78 Å². The predicted octanol–water partition coefficient (Wildman–Crippen LogP) is 2.47. The van der Waals surface area contributed by atoms with Crippen LogP contribution in [-0.4, -0.2) is 43.0 Å². The number of hydrogen-bond donors (Lipinski definition) is 2. The number of nitrogens with zero attached hydrogens (tertiary/aromatic N) is 1. The van der Waals surface area contributed by atoms with Gasteiger partial charge < -0.3 is 10.6 Å². The van der Waals surface area contributed by atoms with E-state index in [1.54, 1.807) is 0 Å². The zero-order valence-corrected chi connectivity index (χ0v) is 15.1. The Bertz CT molecular complexity index is 561. The molecule has 0 radical (unpaired) electrons. The number of carbonyl (C=O) groups is 1. The lowest BCUT2D eigenvalue weighted by molar-refractivity contribution is -0.123. The smallest absolute Gasteiger partial charge is 0.237 e. The highest BCUT2D eigenvalue weighted by Crippen LogP contribution is 2.21. The lowest BCUT2D eigenvalue weighted by Gasteiger charge is -2.33. The van der Waals surface area contributed by atoms with Crippen molar-refractivity contribution in [2.75, 3.05) is 26.2 Å². The van der Waals surface area contributed by atoms with Crippen molar-refractivity contribution in [2.24, 2.45) is 5.92 Å². The number of nitrogens with one attached hydrogen (secondary N) is 2. The van der Waals surface area contributed by atoms with Crippen molar-refractivity contribution < 1.29 is 13.6 Å². The van der Waals surface area contributed by atoms with Crippen LogP contribution in [0, 0.1) is 17.6 Å². The number of hydrogen-bond acceptors (Lipinski definition) is 3. The average molecular weight is 374 g/mol. The monoisotopic (exact) mass is 373 g/mol. The molecule has 3 rings (SSSR count). The minimum absolute atomic E-state index is 0. The SMILES string of the molecule is Cl.O=C(NCC1CCCN(Cc2c(F)cccc2F)C1)C1CCCN1. The Balaban J connectivity index is 0.00000225. The molecular weight excluding hydrogens is 348 g/mol. The largest absolute Gasteiger partial charge is 0.354 e. The maximum Gasteiger partial charge on any atom is 0.237 e. The van der Waals surface area contributed by atoms with Crippen LogP contribution < -0.4 is 10.6 Å². The normalized spacial score (nSPS) is 23.9. The van der Waals surface area contributed by atoms with Crippen molar-refractivity contribution in [1.29, 1.82) is 0 Å². The van der Waals surface area contributed by atoms with Crippen LogP contribution >= 0.6 is 12.4 Å². The van der Waals surface area contributed by atoms with Crippen molar-refractivity contribution >= 4 is 18.3 Å². The number of halogens is 3. The molecule has 2 saturated heterocycles. The van der Waals surface area contributed by atoms with Crippen LogP contribution in [0.2, 0.25) is 0 Å². The number of rotatable bonds is 5. The van der Waals surface area contributed by atoms with Crippen LogP contribution in [-0.2, 0) is 11.3 Å². The van der Waals surface area contributed by atoms with Gasteiger partial charge in [0.15, 0.2) is 0 Å². The summed E-state index contributed by atoms with van der Waals surface area (Å²) in [5.41, 5.74) is 0.136. The summed E-state index contributed by atoms with van der Waals surface area (Å²) in [5.74, 6) is -0.570. The summed E-state index contributed by atoms with van der Waals surface area (Å²) < 4.78 is 27.6. The number of benzene rings is 1. The molecule has 2 unspecified atom stereocenters. The summed E-state index contributed by atoms with van der Waals surface area (Å²) in [6.07, 6.45) is 3.96. The summed E-state index contributed by atoms with van der Waals surface area (Å²) in [5, 5.41) is 6.22. The Morgan fingerprint density at radius 1 is 1.24 bits per heavy atom. The molecule has 2 atom stereocenters. The maximum absolute atomic E-state index is 13.8. The van der Waals surface area contributed by atoms with E-state index in [0.717, 1.165) is 45.3 Å². The molecule has 4 nitrogen and oxygen atoms in total. The molecule has 1 amide bonds. The Labute approximate surface area is 153 Å². The molecule has 25 heavy (non-hydrogen) atoms. The number of piperidine rings is 1. The average Bonchev–Trinajstić information content (AvgIpc) is 3.11. The van der Waals surface area contributed by atoms with Gasteiger partial charge in [-0.1, -0.05) is 6.07 Å². The summed E-state index contributed by atoms with van der Waals surface area (Å²) in [6.45, 7) is 3.42. The van der Waals surface area contributed by atoms with Crippen LogP contribution in [0.25, 0.3) is 0 Å². The molecule has 2 N–H and O–H groups in total. The second-order valence-electron chi connectivity index (χ2n) is 6.84. The summed E-state index contributed by atoms with van der Waals surface area (Å²) in [6, 6.07) is 3.93. The van der Waals surface area contributed by atoms with Crippen LogP contribution in [0.4, 0.5) is 8.78 Å². The van der Waals surface area contributed by atoms with E-state index < -0.39 is 11.6 Å². The van der Waals surface area contributed by atoms with Gasteiger partial charge in [-0.2, -0.15) is 0 Å². The standard InChI is InChI=1S/C18H25F2N3O.ClH/c19-15-5-1-6-16(20)14(15)12-23-9-3-4-13(11-23)10-22-18(24)17-7-2-8-21-17;/h1,5-6,13,17,21H,2-4,7-12H2,(H,22,24);1H. The lowest BCUT2D eigenvalue weighted by atomic mass is 9.97. The van der Waals surface area contributed by atoms with Crippen LogP contribution in [0.5, 0.6) is 0 Å². The fourth-order valence-electron chi connectivity index (χ4n) is 3.64. The van der Waals surface area contributed by atoms with Crippen LogP contribution in [0.15, 0.2) is 18.2 Å². The minimum Gasteiger partial charge on any atom is -0.354 e. The summed E-state index contributed by atoms with van der Waals surface area (Å²) in [7, 11) is 0. The van der Waals surface area contributed by atoms with Gasteiger partial charge in [-0.3, -0.25) is 9.69 Å². The quantitative estimate of drug-likeness (QED) is 0.833. The van der Waals surface area contributed by atoms with E-state index >= 15 is 0 Å². The van der Waals surface area contributed by atoms with Gasteiger partial charge in [-0.15, -0.1) is 12.4 Å². The lowest BCUT2D eigenvalue weighted by Crippen LogP contribution is -2.45. The molecule has 0 spiro atoms. The molecule has 2 aliphatic heterocycles. The first-order valence-electron chi connectivity index (χ1n) is 8.80. The maximum atomic E-state index is 13.8. The van der Waals surface area contributed by atoms with E-state index in [4.69, 9.17) is 0 Å². The molecule has 0 aliphatic carbocycles. The highest BCUT2D eigenvalue weighted by molar-refractivity contribution is 5.85. The van der Waals surface area contributed by atoms with Gasteiger partial charge in [0.25, 0.3) is 0 Å². The zero-order valence-electron chi connectivity index (χ0n) is 14.3. The molecule has 7 heteroatoms. The molecule has 1 aromatic rings. The molecule has 2 aliphatic rings. The van der Waals surface area contributed by atoms with Gasteiger partial charge in [-0.05, 0) is 56.8 Å². The zero-order chi connectivity index (χ0) is 16.9. The van der Waals surface area contributed by atoms with Gasteiger partial charge >= 0.3 is 0 Å². The molecule has 0 saturated carbocycles. The number of likely N-dealkylation sites (tertiary alicyclic amines) is 1. The Morgan fingerprint density at radius 2 is 2.00 bits per heavy atom. The highest BCUT2D eigenvalue weighted by Gasteiger charge is 2.25. The third kappa shape index (κ3) is 5.36. The second-order valence-corrected chi connectivity index (χ2v) is 6.84. The van der Waals surface area contributed by atoms with E-state index in [2.05, 4.69) is 15.5 Å². The van der Waals surface area contributed by atoms with E-state index in [1.807, 2.05) is 0 Å². The van der Waals surface area contributed by atoms with Gasteiger partial charge in [0, 0.05) is 25.2 Å². The first kappa shape index (κ1) is 20.1. The van der Waals surface area contributed by atoms with E-state index in [9.17, 15) is 13.6 Å². The van der Waals surface area contributed by atoms with Crippen molar-refractivity contribution in [1.82, 2.24) is 15.5 Å². The molecule has 2 heterocycles. The molecular formula is C18H26ClF2N3O. The van der Waals surface area contributed by atoms with E-state index in [-0.39, 0.29) is 36.5 Å². The molecule has 1 aromatic carbocycles. The fourth-order valence-corrected chi connectivity index (χ4v) is 3.64.